The molecule has 0 bridgehead atoms. The lowest BCUT2D eigenvalue weighted by Gasteiger charge is -2.37. The Morgan fingerprint density at radius 3 is 2.81 bits per heavy atom. The van der Waals surface area contributed by atoms with Gasteiger partial charge in [0.2, 0.25) is 0 Å². The third-order valence-corrected chi connectivity index (χ3v) is 6.17. The number of carbonyl (C=O) groups is 1. The van der Waals surface area contributed by atoms with Crippen molar-refractivity contribution in [3.05, 3.63) is 47.2 Å². The van der Waals surface area contributed by atoms with E-state index >= 15 is 0 Å². The van der Waals surface area contributed by atoms with Crippen molar-refractivity contribution in [3.63, 3.8) is 0 Å². The van der Waals surface area contributed by atoms with Gasteiger partial charge in [0.1, 0.15) is 5.65 Å². The molecule has 0 aliphatic carbocycles. The van der Waals surface area contributed by atoms with Gasteiger partial charge in [-0.15, -0.1) is 0 Å². The minimum atomic E-state index is -0.444. The van der Waals surface area contributed by atoms with Gasteiger partial charge < -0.3 is 19.4 Å². The Hall–Kier alpha value is -2.61. The number of aryl methyl sites for hydroxylation is 1. The van der Waals surface area contributed by atoms with Gasteiger partial charge in [0.15, 0.2) is 6.29 Å². The zero-order valence-electron chi connectivity index (χ0n) is 18.0. The number of aromatic nitrogens is 2. The molecule has 0 radical (unpaired) electrons. The standard InChI is InChI=1S/C23H27ClN4O3/c1-4-15-12-25-22-20(15)21(24)18(13-26-22)16-7-5-8-17(11-16)28-10-6-9-27(23(28)29)14-19(30-2)31-3/h5,7-8,11-13,19H,4,6,9-10,14H2,1-3H3,(H,25,26). The van der Waals surface area contributed by atoms with Crippen molar-refractivity contribution >= 4 is 34.4 Å². The number of H-pyrrole nitrogens is 1. The average Bonchev–Trinajstić information content (AvgIpc) is 3.23. The highest BCUT2D eigenvalue weighted by Crippen LogP contribution is 2.36. The van der Waals surface area contributed by atoms with Crippen LogP contribution in [-0.2, 0) is 15.9 Å². The molecular formula is C23H27ClN4O3. The molecule has 0 atom stereocenters. The lowest BCUT2D eigenvalue weighted by molar-refractivity contribution is -0.111. The first-order chi connectivity index (χ1) is 15.1. The third kappa shape index (κ3) is 4.13. The lowest BCUT2D eigenvalue weighted by atomic mass is 10.0. The predicted octanol–water partition coefficient (Wildman–Crippen LogP) is 4.70. The van der Waals surface area contributed by atoms with Crippen LogP contribution in [0.3, 0.4) is 0 Å². The summed E-state index contributed by atoms with van der Waals surface area (Å²) in [6.07, 6.45) is 5.03. The van der Waals surface area contributed by atoms with E-state index in [0.29, 0.717) is 24.7 Å². The highest BCUT2D eigenvalue weighted by Gasteiger charge is 2.29. The summed E-state index contributed by atoms with van der Waals surface area (Å²) in [4.78, 5) is 24.4. The summed E-state index contributed by atoms with van der Waals surface area (Å²) < 4.78 is 10.5. The first kappa shape index (κ1) is 21.6. The number of urea groups is 1. The number of rotatable bonds is 7. The maximum atomic E-state index is 13.1. The Labute approximate surface area is 186 Å². The number of nitrogens with one attached hydrogen (secondary N) is 1. The molecule has 2 aromatic heterocycles. The first-order valence-electron chi connectivity index (χ1n) is 10.4. The number of ether oxygens (including phenoxy) is 2. The molecule has 1 aliphatic heterocycles. The number of nitrogens with zero attached hydrogens (tertiary/aromatic N) is 3. The van der Waals surface area contributed by atoms with Crippen molar-refractivity contribution in [2.24, 2.45) is 0 Å². The molecule has 31 heavy (non-hydrogen) atoms. The van der Waals surface area contributed by atoms with Gasteiger partial charge >= 0.3 is 6.03 Å². The highest BCUT2D eigenvalue weighted by molar-refractivity contribution is 6.38. The molecule has 1 aromatic carbocycles. The molecule has 1 aliphatic rings. The summed E-state index contributed by atoms with van der Waals surface area (Å²) in [5, 5.41) is 1.63. The summed E-state index contributed by atoms with van der Waals surface area (Å²) >= 11 is 6.80. The predicted molar refractivity (Wildman–Crippen MR) is 123 cm³/mol. The second-order valence-corrected chi connectivity index (χ2v) is 7.94. The second-order valence-electron chi connectivity index (χ2n) is 7.56. The van der Waals surface area contributed by atoms with Crippen LogP contribution in [0, 0.1) is 0 Å². The van der Waals surface area contributed by atoms with Crippen molar-refractivity contribution in [2.75, 3.05) is 38.8 Å². The van der Waals surface area contributed by atoms with Crippen LogP contribution in [0.4, 0.5) is 10.5 Å². The zero-order valence-corrected chi connectivity index (χ0v) is 18.8. The van der Waals surface area contributed by atoms with Crippen LogP contribution < -0.4 is 4.90 Å². The summed E-state index contributed by atoms with van der Waals surface area (Å²) in [5.41, 5.74) is 4.54. The molecule has 3 heterocycles. The van der Waals surface area contributed by atoms with E-state index in [2.05, 4.69) is 16.9 Å². The molecule has 3 aromatic rings. The van der Waals surface area contributed by atoms with Gasteiger partial charge in [-0.1, -0.05) is 30.7 Å². The molecule has 0 unspecified atom stereocenters. The Morgan fingerprint density at radius 1 is 1.26 bits per heavy atom. The van der Waals surface area contributed by atoms with E-state index in [1.165, 1.54) is 0 Å². The summed E-state index contributed by atoms with van der Waals surface area (Å²) in [6, 6.07) is 7.83. The van der Waals surface area contributed by atoms with Crippen LogP contribution in [0.5, 0.6) is 0 Å². The topological polar surface area (TPSA) is 70.7 Å². The highest BCUT2D eigenvalue weighted by atomic mass is 35.5. The zero-order chi connectivity index (χ0) is 22.0. The molecule has 1 fully saturated rings. The minimum Gasteiger partial charge on any atom is -0.354 e. The number of methoxy groups -OCH3 is 2. The fraction of sp³-hybridized carbons (Fsp3) is 0.391. The fourth-order valence-electron chi connectivity index (χ4n) is 4.06. The number of pyridine rings is 1. The van der Waals surface area contributed by atoms with Crippen molar-refractivity contribution in [1.29, 1.82) is 0 Å². The molecular weight excluding hydrogens is 416 g/mol. The van der Waals surface area contributed by atoms with Crippen molar-refractivity contribution in [3.8, 4) is 11.1 Å². The first-order valence-corrected chi connectivity index (χ1v) is 10.8. The van der Waals surface area contributed by atoms with Gasteiger partial charge in [-0.3, -0.25) is 4.90 Å². The number of aromatic amines is 1. The molecule has 7 nitrogen and oxygen atoms in total. The molecule has 0 spiro atoms. The van der Waals surface area contributed by atoms with Crippen molar-refractivity contribution in [1.82, 2.24) is 14.9 Å². The number of carbonyl (C=O) groups excluding carboxylic acids is 1. The van der Waals surface area contributed by atoms with E-state index in [9.17, 15) is 4.79 Å². The maximum Gasteiger partial charge on any atom is 0.324 e. The summed E-state index contributed by atoms with van der Waals surface area (Å²) in [5.74, 6) is 0. The lowest BCUT2D eigenvalue weighted by Crippen LogP contribution is -2.52. The van der Waals surface area contributed by atoms with E-state index in [1.54, 1.807) is 30.2 Å². The van der Waals surface area contributed by atoms with Crippen molar-refractivity contribution < 1.29 is 14.3 Å². The van der Waals surface area contributed by atoms with Crippen LogP contribution in [0.1, 0.15) is 18.9 Å². The molecule has 1 N–H and O–H groups in total. The van der Waals surface area contributed by atoms with E-state index in [1.807, 2.05) is 30.5 Å². The number of hydrogen-bond acceptors (Lipinski definition) is 4. The molecule has 164 valence electrons. The Kier molecular flexibility index (Phi) is 6.46. The number of halogens is 1. The molecule has 4 rings (SSSR count). The van der Waals surface area contributed by atoms with Gasteiger partial charge in [-0.2, -0.15) is 0 Å². The number of benzene rings is 1. The Bertz CT molecular complexity index is 1080. The van der Waals surface area contributed by atoms with Crippen LogP contribution in [0.2, 0.25) is 5.02 Å². The monoisotopic (exact) mass is 442 g/mol. The van der Waals surface area contributed by atoms with Gasteiger partial charge in [0.05, 0.1) is 11.6 Å². The maximum absolute atomic E-state index is 13.1. The van der Waals surface area contributed by atoms with Crippen LogP contribution in [0.15, 0.2) is 36.7 Å². The van der Waals surface area contributed by atoms with E-state index in [0.717, 1.165) is 46.3 Å². The third-order valence-electron chi connectivity index (χ3n) is 5.78. The number of amides is 2. The Balaban J connectivity index is 1.65. The molecule has 1 saturated heterocycles. The van der Waals surface area contributed by atoms with Crippen molar-refractivity contribution in [2.45, 2.75) is 26.1 Å². The van der Waals surface area contributed by atoms with Crippen LogP contribution in [0.25, 0.3) is 22.2 Å². The quantitative estimate of drug-likeness (QED) is 0.538. The second kappa shape index (κ2) is 9.26. The SMILES string of the molecule is CCc1c[nH]c2ncc(-c3cccc(N4CCCN(CC(OC)OC)C4=O)c3)c(Cl)c12. The van der Waals surface area contributed by atoms with Crippen LogP contribution in [-0.4, -0.2) is 61.0 Å². The molecule has 2 amide bonds. The largest absolute Gasteiger partial charge is 0.354 e. The summed E-state index contributed by atoms with van der Waals surface area (Å²) in [7, 11) is 3.15. The normalized spacial score (nSPS) is 14.8. The minimum absolute atomic E-state index is 0.0546. The smallest absolute Gasteiger partial charge is 0.324 e. The summed E-state index contributed by atoms with van der Waals surface area (Å²) in [6.45, 7) is 3.82. The molecule has 8 heteroatoms. The van der Waals surface area contributed by atoms with Gasteiger partial charge in [0.25, 0.3) is 0 Å². The fourth-order valence-corrected chi connectivity index (χ4v) is 4.43. The molecule has 0 saturated carbocycles. The van der Waals surface area contributed by atoms with Gasteiger partial charge in [-0.25, -0.2) is 9.78 Å². The number of anilines is 1. The Morgan fingerprint density at radius 2 is 2.06 bits per heavy atom. The van der Waals surface area contributed by atoms with E-state index in [-0.39, 0.29) is 6.03 Å². The average molecular weight is 443 g/mol. The number of fused-ring (bicyclic) bond motifs is 1. The van der Waals surface area contributed by atoms with E-state index < -0.39 is 6.29 Å². The van der Waals surface area contributed by atoms with Gasteiger partial charge in [0, 0.05) is 56.3 Å². The number of hydrogen-bond donors (Lipinski definition) is 1. The van der Waals surface area contributed by atoms with E-state index in [4.69, 9.17) is 21.1 Å². The van der Waals surface area contributed by atoms with Gasteiger partial charge in [-0.05, 0) is 36.1 Å². The van der Waals surface area contributed by atoms with Crippen LogP contribution >= 0.6 is 11.6 Å².